The first-order valence-corrected chi connectivity index (χ1v) is 26.7. The van der Waals surface area contributed by atoms with Gasteiger partial charge in [-0.1, -0.05) is 221 Å². The van der Waals surface area contributed by atoms with Crippen molar-refractivity contribution in [2.24, 2.45) is 0 Å². The molecule has 0 aliphatic rings. The molecule has 1 unspecified atom stereocenters. The predicted octanol–water partition coefficient (Wildman–Crippen LogP) is 17.8. The molecule has 0 heterocycles. The van der Waals surface area contributed by atoms with Gasteiger partial charge in [0.2, 0.25) is 0 Å². The van der Waals surface area contributed by atoms with E-state index in [-0.39, 0.29) is 37.5 Å². The van der Waals surface area contributed by atoms with Crippen molar-refractivity contribution in [3.05, 3.63) is 97.2 Å². The molecule has 0 aromatic carbocycles. The molecule has 0 fully saturated rings. The maximum Gasteiger partial charge on any atom is 0.306 e. The molecule has 6 nitrogen and oxygen atoms in total. The summed E-state index contributed by atoms with van der Waals surface area (Å²) in [6.45, 7) is 6.36. The van der Waals surface area contributed by atoms with Gasteiger partial charge >= 0.3 is 17.9 Å². The normalized spacial score (nSPS) is 12.8. The van der Waals surface area contributed by atoms with Gasteiger partial charge in [0.05, 0.1) is 0 Å². The van der Waals surface area contributed by atoms with Crippen LogP contribution in [0, 0.1) is 0 Å². The third kappa shape index (κ3) is 51.2. The van der Waals surface area contributed by atoms with Crippen LogP contribution in [0.15, 0.2) is 97.2 Å². The third-order valence-corrected chi connectivity index (χ3v) is 11.1. The van der Waals surface area contributed by atoms with Crippen LogP contribution in [-0.2, 0) is 28.6 Å². The molecule has 0 rings (SSSR count). The smallest absolute Gasteiger partial charge is 0.306 e. The van der Waals surface area contributed by atoms with E-state index in [1.807, 2.05) is 0 Å². The van der Waals surface area contributed by atoms with Gasteiger partial charge in [-0.05, 0) is 96.3 Å². The van der Waals surface area contributed by atoms with Crippen molar-refractivity contribution >= 4 is 17.9 Å². The first kappa shape index (κ1) is 61.3. The van der Waals surface area contributed by atoms with Crippen LogP contribution in [0.4, 0.5) is 0 Å². The van der Waals surface area contributed by atoms with E-state index < -0.39 is 6.10 Å². The van der Waals surface area contributed by atoms with E-state index in [1.54, 1.807) is 0 Å². The summed E-state index contributed by atoms with van der Waals surface area (Å²) >= 11 is 0. The fourth-order valence-electron chi connectivity index (χ4n) is 7.13. The monoisotopic (exact) mass is 903 g/mol. The summed E-state index contributed by atoms with van der Waals surface area (Å²) in [6, 6.07) is 0. The van der Waals surface area contributed by atoms with Crippen LogP contribution in [0.3, 0.4) is 0 Å². The SMILES string of the molecule is CC/C=C\C/C=C\C/C=C\C/C=C\CCCCCCCCCCC(=O)OCC(COC(=O)CCCCCCCCCCCCC)OC(=O)CCCC/C=C\C/C=C\C/C=C\C/C=C\CC. The van der Waals surface area contributed by atoms with Crippen LogP contribution < -0.4 is 0 Å². The largest absolute Gasteiger partial charge is 0.462 e. The second kappa shape index (κ2) is 52.9. The zero-order chi connectivity index (χ0) is 47.2. The second-order valence-electron chi connectivity index (χ2n) is 17.4. The number of hydrogen-bond donors (Lipinski definition) is 0. The molecule has 370 valence electrons. The molecule has 0 aromatic rings. The molecule has 6 heteroatoms. The van der Waals surface area contributed by atoms with Gasteiger partial charge in [0.1, 0.15) is 13.2 Å². The average molecular weight is 903 g/mol. The number of carbonyl (C=O) groups is 3. The Bertz CT molecular complexity index is 1310. The molecular weight excluding hydrogens is 805 g/mol. The number of allylic oxidation sites excluding steroid dienone is 16. The number of hydrogen-bond acceptors (Lipinski definition) is 6. The van der Waals surface area contributed by atoms with Crippen LogP contribution >= 0.6 is 0 Å². The lowest BCUT2D eigenvalue weighted by atomic mass is 10.1. The highest BCUT2D eigenvalue weighted by Crippen LogP contribution is 2.14. The maximum atomic E-state index is 12.8. The standard InChI is InChI=1S/C59H98O6/c1-4-7-10-13-16-19-22-24-26-27-28-29-30-31-33-34-37-40-43-46-49-52-58(61)64-55-56(54-63-57(60)51-48-45-42-39-36-21-18-15-12-9-6-3)65-59(62)53-50-47-44-41-38-35-32-25-23-20-17-14-11-8-5-2/h7-8,10-11,16-17,19-20,24-26,28-29,32,38,41,56H,4-6,9,12-15,18,21-23,27,30-31,33-37,39-40,42-55H2,1-3H3/b10-7-,11-8-,19-16-,20-17-,26-24-,29-28-,32-25-,41-38-. The lowest BCUT2D eigenvalue weighted by Gasteiger charge is -2.18. The van der Waals surface area contributed by atoms with Crippen LogP contribution in [0.1, 0.15) is 239 Å². The Morgan fingerprint density at radius 2 is 0.600 bits per heavy atom. The van der Waals surface area contributed by atoms with Gasteiger partial charge in [-0.25, -0.2) is 0 Å². The van der Waals surface area contributed by atoms with Gasteiger partial charge in [-0.15, -0.1) is 0 Å². The molecule has 0 bridgehead atoms. The number of rotatable bonds is 47. The Kier molecular flexibility index (Phi) is 50.0. The Labute approximate surface area is 400 Å². The summed E-state index contributed by atoms with van der Waals surface area (Å²) in [5, 5.41) is 0. The Morgan fingerprint density at radius 3 is 0.969 bits per heavy atom. The van der Waals surface area contributed by atoms with E-state index in [9.17, 15) is 14.4 Å². The number of ether oxygens (including phenoxy) is 3. The fraction of sp³-hybridized carbons (Fsp3) is 0.678. The molecule has 0 aliphatic heterocycles. The minimum atomic E-state index is -0.801. The van der Waals surface area contributed by atoms with Gasteiger partial charge in [0, 0.05) is 19.3 Å². The second-order valence-corrected chi connectivity index (χ2v) is 17.4. The van der Waals surface area contributed by atoms with Gasteiger partial charge in [0.25, 0.3) is 0 Å². The predicted molar refractivity (Wildman–Crippen MR) is 279 cm³/mol. The fourth-order valence-corrected chi connectivity index (χ4v) is 7.13. The molecule has 0 aromatic heterocycles. The summed E-state index contributed by atoms with van der Waals surface area (Å²) in [7, 11) is 0. The lowest BCUT2D eigenvalue weighted by molar-refractivity contribution is -0.167. The van der Waals surface area contributed by atoms with Crippen molar-refractivity contribution in [3.63, 3.8) is 0 Å². The first-order chi connectivity index (χ1) is 32.0. The number of carbonyl (C=O) groups excluding carboxylic acids is 3. The minimum Gasteiger partial charge on any atom is -0.462 e. The number of esters is 3. The van der Waals surface area contributed by atoms with E-state index in [0.717, 1.165) is 109 Å². The summed E-state index contributed by atoms with van der Waals surface area (Å²) < 4.78 is 16.8. The Balaban J connectivity index is 4.40. The van der Waals surface area contributed by atoms with Gasteiger partial charge in [-0.2, -0.15) is 0 Å². The van der Waals surface area contributed by atoms with Gasteiger partial charge in [0.15, 0.2) is 6.10 Å². The van der Waals surface area contributed by atoms with Gasteiger partial charge in [-0.3, -0.25) is 14.4 Å². The molecule has 65 heavy (non-hydrogen) atoms. The van der Waals surface area contributed by atoms with E-state index in [2.05, 4.69) is 118 Å². The van der Waals surface area contributed by atoms with E-state index in [1.165, 1.54) is 83.5 Å². The van der Waals surface area contributed by atoms with Gasteiger partial charge < -0.3 is 14.2 Å². The molecule has 0 saturated heterocycles. The highest BCUT2D eigenvalue weighted by atomic mass is 16.6. The third-order valence-electron chi connectivity index (χ3n) is 11.1. The Morgan fingerprint density at radius 1 is 0.323 bits per heavy atom. The van der Waals surface area contributed by atoms with Crippen molar-refractivity contribution in [3.8, 4) is 0 Å². The zero-order valence-corrected chi connectivity index (χ0v) is 42.2. The first-order valence-electron chi connectivity index (χ1n) is 26.7. The summed E-state index contributed by atoms with van der Waals surface area (Å²) in [6.07, 6.45) is 69.7. The van der Waals surface area contributed by atoms with Crippen LogP contribution in [0.25, 0.3) is 0 Å². The summed E-state index contributed by atoms with van der Waals surface area (Å²) in [4.78, 5) is 38.0. The van der Waals surface area contributed by atoms with Crippen LogP contribution in [-0.4, -0.2) is 37.2 Å². The topological polar surface area (TPSA) is 78.9 Å². The van der Waals surface area contributed by atoms with E-state index in [0.29, 0.717) is 19.3 Å². The highest BCUT2D eigenvalue weighted by Gasteiger charge is 2.19. The molecule has 0 N–H and O–H groups in total. The summed E-state index contributed by atoms with van der Waals surface area (Å²) in [5.41, 5.74) is 0. The number of unbranched alkanes of at least 4 members (excludes halogenated alkanes) is 20. The maximum absolute atomic E-state index is 12.8. The minimum absolute atomic E-state index is 0.0960. The molecule has 1 atom stereocenters. The molecule has 0 spiro atoms. The molecule has 0 saturated carbocycles. The van der Waals surface area contributed by atoms with Crippen molar-refractivity contribution in [1.29, 1.82) is 0 Å². The van der Waals surface area contributed by atoms with E-state index >= 15 is 0 Å². The average Bonchev–Trinajstić information content (AvgIpc) is 3.30. The molecule has 0 aliphatic carbocycles. The quantitative estimate of drug-likeness (QED) is 0.0262. The zero-order valence-electron chi connectivity index (χ0n) is 42.2. The van der Waals surface area contributed by atoms with Crippen LogP contribution in [0.2, 0.25) is 0 Å². The molecule has 0 amide bonds. The van der Waals surface area contributed by atoms with E-state index in [4.69, 9.17) is 14.2 Å². The van der Waals surface area contributed by atoms with Crippen molar-refractivity contribution in [1.82, 2.24) is 0 Å². The lowest BCUT2D eigenvalue weighted by Crippen LogP contribution is -2.30. The molecule has 0 radical (unpaired) electrons. The van der Waals surface area contributed by atoms with Crippen molar-refractivity contribution < 1.29 is 28.6 Å². The highest BCUT2D eigenvalue weighted by molar-refractivity contribution is 5.71. The van der Waals surface area contributed by atoms with Crippen molar-refractivity contribution in [2.75, 3.05) is 13.2 Å². The van der Waals surface area contributed by atoms with Crippen molar-refractivity contribution in [2.45, 2.75) is 245 Å². The Hall–Kier alpha value is -3.67. The van der Waals surface area contributed by atoms with Crippen LogP contribution in [0.5, 0.6) is 0 Å². The summed E-state index contributed by atoms with van der Waals surface area (Å²) in [5.74, 6) is -0.948. The molecular formula is C59H98O6.